The predicted octanol–water partition coefficient (Wildman–Crippen LogP) is 1.51. The third-order valence-corrected chi connectivity index (χ3v) is 2.66. The number of benzene rings is 1. The minimum atomic E-state index is -0.426. The van der Waals surface area contributed by atoms with Crippen molar-refractivity contribution < 1.29 is 9.53 Å². The number of alkyl carbamates (subject to hydrolysis) is 1. The normalized spacial score (nSPS) is 10.2. The first-order valence-electron chi connectivity index (χ1n) is 6.55. The maximum Gasteiger partial charge on any atom is 0.407 e. The summed E-state index contributed by atoms with van der Waals surface area (Å²) in [4.78, 5) is 11.4. The van der Waals surface area contributed by atoms with Gasteiger partial charge >= 0.3 is 6.09 Å². The number of nitrogens with one attached hydrogen (secondary N) is 1. The molecule has 1 amide bonds. The summed E-state index contributed by atoms with van der Waals surface area (Å²) in [5, 5.41) is 2.71. The molecule has 1 aromatic carbocycles. The van der Waals surface area contributed by atoms with Crippen molar-refractivity contribution in [2.75, 3.05) is 13.2 Å². The minimum Gasteiger partial charge on any atom is -0.445 e. The van der Waals surface area contributed by atoms with Crippen molar-refractivity contribution in [3.8, 4) is 0 Å². The Balaban J connectivity index is 2.20. The molecule has 0 atom stereocenters. The van der Waals surface area contributed by atoms with Gasteiger partial charge in [0.1, 0.15) is 14.5 Å². The van der Waals surface area contributed by atoms with Crippen molar-refractivity contribution in [2.45, 2.75) is 6.42 Å². The Labute approximate surface area is 121 Å². The van der Waals surface area contributed by atoms with Crippen LogP contribution in [0.3, 0.4) is 0 Å². The average molecular weight is 269 g/mol. The number of ether oxygens (including phenoxy) is 1. The Morgan fingerprint density at radius 2 is 2.05 bits per heavy atom. The average Bonchev–Trinajstić information content (AvgIpc) is 2.45. The Morgan fingerprint density at radius 1 is 1.35 bits per heavy atom. The van der Waals surface area contributed by atoms with Gasteiger partial charge in [0.2, 0.25) is 0 Å². The summed E-state index contributed by atoms with van der Waals surface area (Å²) in [6, 6.07) is 8.24. The van der Waals surface area contributed by atoms with Gasteiger partial charge in [0.25, 0.3) is 0 Å². The van der Waals surface area contributed by atoms with Crippen LogP contribution in [0.2, 0.25) is 0 Å². The zero-order chi connectivity index (χ0) is 14.8. The van der Waals surface area contributed by atoms with Gasteiger partial charge in [-0.05, 0) is 17.6 Å². The Bertz CT molecular complexity index is 492. The van der Waals surface area contributed by atoms with E-state index in [4.69, 9.17) is 4.74 Å². The Morgan fingerprint density at radius 3 is 2.70 bits per heavy atom. The van der Waals surface area contributed by atoms with E-state index in [1.54, 1.807) is 18.2 Å². The summed E-state index contributed by atoms with van der Waals surface area (Å²) < 4.78 is 5.02. The molecule has 0 saturated heterocycles. The number of amides is 1. The van der Waals surface area contributed by atoms with Gasteiger partial charge < -0.3 is 10.1 Å². The molecule has 4 heteroatoms. The van der Waals surface area contributed by atoms with Crippen LogP contribution in [-0.2, 0) is 11.2 Å². The maximum absolute atomic E-state index is 11.4. The van der Waals surface area contributed by atoms with E-state index in [1.165, 1.54) is 11.0 Å². The Hall–Kier alpha value is -2.23. The van der Waals surface area contributed by atoms with Gasteiger partial charge in [0.05, 0.1) is 0 Å². The third-order valence-electron chi connectivity index (χ3n) is 2.66. The fourth-order valence-electron chi connectivity index (χ4n) is 1.53. The fraction of sp³-hybridized carbons (Fsp3) is 0.188. The van der Waals surface area contributed by atoms with Crippen molar-refractivity contribution in [1.29, 1.82) is 0 Å². The van der Waals surface area contributed by atoms with Gasteiger partial charge in [0, 0.05) is 6.54 Å². The maximum atomic E-state index is 11.4. The molecule has 20 heavy (non-hydrogen) atoms. The molecule has 104 valence electrons. The number of allylic oxidation sites excluding steroid dienone is 2. The van der Waals surface area contributed by atoms with Gasteiger partial charge in [-0.25, -0.2) is 4.79 Å². The monoisotopic (exact) mass is 269 g/mol. The molecule has 0 radical (unpaired) electrons. The highest BCUT2D eigenvalue weighted by Crippen LogP contribution is 1.98. The standard InChI is InChI=1S/C16H20BNO2/c1-3-4-5-13(2)12-20-16(19)18-11-10-14-6-8-15(17)9-7-14/h3-9H,1-2,10-12,17H2,(H,18,19)/b5-4-. The van der Waals surface area contributed by atoms with E-state index in [9.17, 15) is 4.79 Å². The van der Waals surface area contributed by atoms with E-state index >= 15 is 0 Å². The molecule has 0 aliphatic heterocycles. The van der Waals surface area contributed by atoms with Crippen molar-refractivity contribution in [2.24, 2.45) is 0 Å². The summed E-state index contributed by atoms with van der Waals surface area (Å²) in [6.45, 7) is 8.05. The fourth-order valence-corrected chi connectivity index (χ4v) is 1.53. The molecule has 0 aliphatic carbocycles. The topological polar surface area (TPSA) is 38.3 Å². The second-order valence-electron chi connectivity index (χ2n) is 4.49. The van der Waals surface area contributed by atoms with Crippen LogP contribution in [0.1, 0.15) is 5.56 Å². The van der Waals surface area contributed by atoms with E-state index in [0.29, 0.717) is 6.54 Å². The van der Waals surface area contributed by atoms with Crippen LogP contribution in [0.4, 0.5) is 4.79 Å². The molecule has 1 rings (SSSR count). The lowest BCUT2D eigenvalue weighted by Crippen LogP contribution is -2.27. The smallest absolute Gasteiger partial charge is 0.407 e. The molecule has 0 spiro atoms. The molecule has 0 unspecified atom stereocenters. The van der Waals surface area contributed by atoms with E-state index in [-0.39, 0.29) is 6.61 Å². The first-order valence-corrected chi connectivity index (χ1v) is 6.55. The van der Waals surface area contributed by atoms with Gasteiger partial charge in [-0.3, -0.25) is 0 Å². The number of hydrogen-bond donors (Lipinski definition) is 1. The number of carbonyl (C=O) groups is 1. The van der Waals surface area contributed by atoms with Gasteiger partial charge in [-0.1, -0.05) is 61.1 Å². The molecule has 1 N–H and O–H groups in total. The van der Waals surface area contributed by atoms with E-state index in [0.717, 1.165) is 12.0 Å². The third kappa shape index (κ3) is 6.64. The first kappa shape index (κ1) is 15.8. The van der Waals surface area contributed by atoms with E-state index in [2.05, 4.69) is 42.7 Å². The summed E-state index contributed by atoms with van der Waals surface area (Å²) in [7, 11) is 2.05. The zero-order valence-corrected chi connectivity index (χ0v) is 11.9. The molecular weight excluding hydrogens is 249 g/mol. The molecule has 0 aromatic heterocycles. The largest absolute Gasteiger partial charge is 0.445 e. The van der Waals surface area contributed by atoms with Gasteiger partial charge in [-0.15, -0.1) is 0 Å². The van der Waals surface area contributed by atoms with Crippen LogP contribution >= 0.6 is 0 Å². The van der Waals surface area contributed by atoms with Crippen LogP contribution in [0.5, 0.6) is 0 Å². The lowest BCUT2D eigenvalue weighted by molar-refractivity contribution is 0.157. The molecule has 0 aliphatic rings. The number of hydrogen-bond acceptors (Lipinski definition) is 2. The van der Waals surface area contributed by atoms with E-state index < -0.39 is 6.09 Å². The van der Waals surface area contributed by atoms with Gasteiger partial charge in [0.15, 0.2) is 0 Å². The highest BCUT2D eigenvalue weighted by molar-refractivity contribution is 6.32. The van der Waals surface area contributed by atoms with Crippen molar-refractivity contribution in [3.05, 3.63) is 66.8 Å². The van der Waals surface area contributed by atoms with Crippen molar-refractivity contribution in [1.82, 2.24) is 5.32 Å². The minimum absolute atomic E-state index is 0.181. The predicted molar refractivity (Wildman–Crippen MR) is 86.2 cm³/mol. The molecule has 0 fully saturated rings. The molecule has 0 saturated carbocycles. The highest BCUT2D eigenvalue weighted by atomic mass is 16.5. The van der Waals surface area contributed by atoms with Crippen LogP contribution in [0, 0.1) is 0 Å². The second kappa shape index (κ2) is 8.80. The summed E-state index contributed by atoms with van der Waals surface area (Å²) in [5.74, 6) is 0. The summed E-state index contributed by atoms with van der Waals surface area (Å²) in [5.41, 5.74) is 3.14. The summed E-state index contributed by atoms with van der Waals surface area (Å²) >= 11 is 0. The molecular formula is C16H20BNO2. The molecule has 0 bridgehead atoms. The van der Waals surface area contributed by atoms with Crippen LogP contribution in [0.15, 0.2) is 61.2 Å². The van der Waals surface area contributed by atoms with Crippen LogP contribution < -0.4 is 10.8 Å². The first-order chi connectivity index (χ1) is 9.61. The molecule has 1 aromatic rings. The van der Waals surface area contributed by atoms with Gasteiger partial charge in [-0.2, -0.15) is 0 Å². The van der Waals surface area contributed by atoms with Crippen LogP contribution in [-0.4, -0.2) is 27.1 Å². The number of carbonyl (C=O) groups excluding carboxylic acids is 1. The summed E-state index contributed by atoms with van der Waals surface area (Å²) in [6.07, 6.45) is 5.51. The molecule has 3 nitrogen and oxygen atoms in total. The molecule has 0 heterocycles. The SMILES string of the molecule is Bc1ccc(CCNC(=O)OCC(=C)/C=C\C=C)cc1. The lowest BCUT2D eigenvalue weighted by atomic mass is 9.95. The Kier molecular flexibility index (Phi) is 6.97. The van der Waals surface area contributed by atoms with Crippen molar-refractivity contribution >= 4 is 19.4 Å². The highest BCUT2D eigenvalue weighted by Gasteiger charge is 2.01. The zero-order valence-electron chi connectivity index (χ0n) is 11.9. The number of rotatable bonds is 7. The van der Waals surface area contributed by atoms with Crippen molar-refractivity contribution in [3.63, 3.8) is 0 Å². The van der Waals surface area contributed by atoms with E-state index in [1.807, 2.05) is 7.85 Å². The lowest BCUT2D eigenvalue weighted by Gasteiger charge is -2.07. The quantitative estimate of drug-likeness (QED) is 0.602. The second-order valence-corrected chi connectivity index (χ2v) is 4.49. The van der Waals surface area contributed by atoms with Crippen LogP contribution in [0.25, 0.3) is 0 Å².